The summed E-state index contributed by atoms with van der Waals surface area (Å²) in [4.78, 5) is 11.4. The summed E-state index contributed by atoms with van der Waals surface area (Å²) in [6, 6.07) is 8.93. The molecule has 1 aliphatic heterocycles. The van der Waals surface area contributed by atoms with Crippen molar-refractivity contribution < 1.29 is 4.39 Å². The fourth-order valence-corrected chi connectivity index (χ4v) is 4.28. The topological polar surface area (TPSA) is 41.0 Å². The molecule has 3 aromatic rings. The third-order valence-corrected chi connectivity index (χ3v) is 6.23. The van der Waals surface area contributed by atoms with Crippen molar-refractivity contribution in [3.05, 3.63) is 58.6 Å². The van der Waals surface area contributed by atoms with Gasteiger partial charge in [0.05, 0.1) is 10.5 Å². The van der Waals surface area contributed by atoms with Crippen LogP contribution in [0, 0.1) is 18.7 Å². The number of likely N-dealkylation sites (tertiary alicyclic amines) is 1. The molecule has 152 valence electrons. The number of hydrogen-bond acceptors (Lipinski definition) is 4. The lowest BCUT2D eigenvalue weighted by atomic mass is 9.88. The molecule has 0 atom stereocenters. The third kappa shape index (κ3) is 4.51. The number of nitrogens with zero attached hydrogens (tertiary/aromatic N) is 3. The predicted octanol–water partition coefficient (Wildman–Crippen LogP) is 5.75. The van der Waals surface area contributed by atoms with Gasteiger partial charge in [-0.3, -0.25) is 0 Å². The Bertz CT molecular complexity index is 1020. The van der Waals surface area contributed by atoms with Gasteiger partial charge in [0, 0.05) is 11.1 Å². The first-order valence-electron chi connectivity index (χ1n) is 10.2. The Morgan fingerprint density at radius 3 is 2.69 bits per heavy atom. The summed E-state index contributed by atoms with van der Waals surface area (Å²) in [6.45, 7) is 7.91. The summed E-state index contributed by atoms with van der Waals surface area (Å²) in [7, 11) is 0. The monoisotopic (exact) mass is 412 g/mol. The van der Waals surface area contributed by atoms with E-state index in [0.717, 1.165) is 23.9 Å². The average Bonchev–Trinajstić information content (AvgIpc) is 2.72. The summed E-state index contributed by atoms with van der Waals surface area (Å²) in [6.07, 6.45) is 5.12. The Balaban J connectivity index is 1.61. The lowest BCUT2D eigenvalue weighted by Crippen LogP contribution is -2.34. The number of fused-ring (bicyclic) bond motifs is 1. The fourth-order valence-electron chi connectivity index (χ4n) is 4.10. The number of benzene rings is 2. The predicted molar refractivity (Wildman–Crippen MR) is 118 cm³/mol. The Kier molecular flexibility index (Phi) is 5.97. The smallest absolute Gasteiger partial charge is 0.141 e. The Hall–Kier alpha value is -2.24. The highest BCUT2D eigenvalue weighted by atomic mass is 35.5. The minimum Gasteiger partial charge on any atom is -0.340 e. The van der Waals surface area contributed by atoms with Crippen LogP contribution in [0.25, 0.3) is 10.9 Å². The molecule has 0 radical (unpaired) electrons. The van der Waals surface area contributed by atoms with Crippen LogP contribution in [0.1, 0.15) is 30.9 Å². The van der Waals surface area contributed by atoms with Crippen molar-refractivity contribution in [2.75, 3.05) is 25.0 Å². The van der Waals surface area contributed by atoms with Gasteiger partial charge >= 0.3 is 0 Å². The van der Waals surface area contributed by atoms with Gasteiger partial charge in [-0.15, -0.1) is 0 Å². The second-order valence-electron chi connectivity index (χ2n) is 7.85. The first kappa shape index (κ1) is 20.0. The second-order valence-corrected chi connectivity index (χ2v) is 8.26. The van der Waals surface area contributed by atoms with E-state index in [4.69, 9.17) is 11.6 Å². The van der Waals surface area contributed by atoms with Crippen LogP contribution in [-0.4, -0.2) is 34.5 Å². The Morgan fingerprint density at radius 1 is 1.17 bits per heavy atom. The van der Waals surface area contributed by atoms with Gasteiger partial charge in [0.25, 0.3) is 0 Å². The lowest BCUT2D eigenvalue weighted by molar-refractivity contribution is 0.192. The van der Waals surface area contributed by atoms with E-state index >= 15 is 0 Å². The molecule has 0 unspecified atom stereocenters. The number of nitrogens with one attached hydrogen (secondary N) is 1. The fraction of sp³-hybridized carbons (Fsp3) is 0.391. The quantitative estimate of drug-likeness (QED) is 0.579. The van der Waals surface area contributed by atoms with Crippen molar-refractivity contribution in [1.29, 1.82) is 0 Å². The number of halogens is 2. The largest absolute Gasteiger partial charge is 0.340 e. The number of hydrogen-bond donors (Lipinski definition) is 1. The van der Waals surface area contributed by atoms with Gasteiger partial charge in [-0.2, -0.15) is 0 Å². The molecule has 0 bridgehead atoms. The van der Waals surface area contributed by atoms with Crippen molar-refractivity contribution >= 4 is 34.0 Å². The zero-order chi connectivity index (χ0) is 20.4. The number of aryl methyl sites for hydroxylation is 1. The number of rotatable bonds is 5. The highest BCUT2D eigenvalue weighted by Crippen LogP contribution is 2.30. The average molecular weight is 413 g/mol. The van der Waals surface area contributed by atoms with Gasteiger partial charge in [0.1, 0.15) is 18.0 Å². The third-order valence-electron chi connectivity index (χ3n) is 5.94. The maximum Gasteiger partial charge on any atom is 0.141 e. The molecule has 0 spiro atoms. The summed E-state index contributed by atoms with van der Waals surface area (Å²) in [5, 5.41) is 4.33. The molecule has 1 aromatic heterocycles. The van der Waals surface area contributed by atoms with Crippen molar-refractivity contribution in [3.63, 3.8) is 0 Å². The maximum absolute atomic E-state index is 13.5. The van der Waals surface area contributed by atoms with Crippen molar-refractivity contribution in [2.45, 2.75) is 33.1 Å². The molecular formula is C23H26ClFN4. The van der Waals surface area contributed by atoms with E-state index in [-0.39, 0.29) is 5.02 Å². The van der Waals surface area contributed by atoms with Crippen LogP contribution in [0.5, 0.6) is 0 Å². The van der Waals surface area contributed by atoms with E-state index in [9.17, 15) is 4.39 Å². The summed E-state index contributed by atoms with van der Waals surface area (Å²) in [5.41, 5.74) is 4.22. The van der Waals surface area contributed by atoms with Crippen LogP contribution in [0.4, 0.5) is 15.9 Å². The van der Waals surface area contributed by atoms with Crippen LogP contribution in [0.2, 0.25) is 5.02 Å². The maximum atomic E-state index is 13.5. The summed E-state index contributed by atoms with van der Waals surface area (Å²) >= 11 is 5.92. The Labute approximate surface area is 176 Å². The zero-order valence-corrected chi connectivity index (χ0v) is 17.6. The molecule has 6 heteroatoms. The molecule has 2 aromatic carbocycles. The van der Waals surface area contributed by atoms with Crippen molar-refractivity contribution in [2.24, 2.45) is 5.92 Å². The van der Waals surface area contributed by atoms with Crippen LogP contribution in [-0.2, 0) is 6.42 Å². The molecule has 1 N–H and O–H groups in total. The Morgan fingerprint density at radius 2 is 1.97 bits per heavy atom. The number of piperidine rings is 1. The molecule has 4 rings (SSSR count). The molecule has 1 fully saturated rings. The summed E-state index contributed by atoms with van der Waals surface area (Å²) < 4.78 is 13.5. The van der Waals surface area contributed by atoms with Gasteiger partial charge < -0.3 is 10.2 Å². The van der Waals surface area contributed by atoms with Gasteiger partial charge in [-0.05, 0) is 93.2 Å². The van der Waals surface area contributed by atoms with Crippen molar-refractivity contribution in [1.82, 2.24) is 14.9 Å². The molecule has 0 saturated carbocycles. The van der Waals surface area contributed by atoms with Gasteiger partial charge in [-0.1, -0.05) is 18.5 Å². The van der Waals surface area contributed by atoms with Gasteiger partial charge in [0.15, 0.2) is 0 Å². The van der Waals surface area contributed by atoms with E-state index < -0.39 is 5.82 Å². The van der Waals surface area contributed by atoms with E-state index in [2.05, 4.69) is 46.2 Å². The normalized spacial score (nSPS) is 15.7. The molecule has 29 heavy (non-hydrogen) atoms. The van der Waals surface area contributed by atoms with E-state index in [1.165, 1.54) is 43.1 Å². The van der Waals surface area contributed by atoms with E-state index in [1.807, 2.05) is 0 Å². The molecular weight excluding hydrogens is 387 g/mol. The SMILES string of the molecule is CCN1CCC(Cc2cc3c(Nc4ccc(F)c(Cl)c4)ncnc3cc2C)CC1. The van der Waals surface area contributed by atoms with Crippen LogP contribution in [0.15, 0.2) is 36.7 Å². The van der Waals surface area contributed by atoms with Gasteiger partial charge in [0.2, 0.25) is 0 Å². The highest BCUT2D eigenvalue weighted by molar-refractivity contribution is 6.31. The molecule has 2 heterocycles. The molecule has 0 aliphatic carbocycles. The summed E-state index contributed by atoms with van der Waals surface area (Å²) in [5.74, 6) is 0.988. The number of anilines is 2. The molecule has 4 nitrogen and oxygen atoms in total. The first-order valence-corrected chi connectivity index (χ1v) is 10.6. The van der Waals surface area contributed by atoms with E-state index in [1.54, 1.807) is 18.5 Å². The van der Waals surface area contributed by atoms with Gasteiger partial charge in [-0.25, -0.2) is 14.4 Å². The second kappa shape index (κ2) is 8.64. The molecule has 1 saturated heterocycles. The van der Waals surface area contributed by atoms with E-state index in [0.29, 0.717) is 17.4 Å². The van der Waals surface area contributed by atoms with Crippen LogP contribution >= 0.6 is 11.6 Å². The van der Waals surface area contributed by atoms with Crippen molar-refractivity contribution in [3.8, 4) is 0 Å². The number of aromatic nitrogens is 2. The first-order chi connectivity index (χ1) is 14.0. The van der Waals surface area contributed by atoms with Crippen LogP contribution in [0.3, 0.4) is 0 Å². The molecule has 1 aliphatic rings. The minimum absolute atomic E-state index is 0.0864. The standard InChI is InChI=1S/C23H26ClFN4/c1-3-29-8-6-16(7-9-29)11-17-12-19-22(10-15(17)2)26-14-27-23(19)28-18-4-5-21(25)20(24)13-18/h4-5,10,12-14,16H,3,6-9,11H2,1-2H3,(H,26,27,28). The minimum atomic E-state index is -0.434. The molecule has 0 amide bonds. The van der Waals surface area contributed by atoms with Crippen LogP contribution < -0.4 is 5.32 Å². The zero-order valence-electron chi connectivity index (χ0n) is 16.9. The highest BCUT2D eigenvalue weighted by Gasteiger charge is 2.19. The lowest BCUT2D eigenvalue weighted by Gasteiger charge is -2.31.